The van der Waals surface area contributed by atoms with E-state index in [-0.39, 0.29) is 16.3 Å². The summed E-state index contributed by atoms with van der Waals surface area (Å²) in [7, 11) is -2.58. The minimum absolute atomic E-state index is 0.0319. The predicted octanol–water partition coefficient (Wildman–Crippen LogP) is 2.53. The van der Waals surface area contributed by atoms with E-state index in [1.807, 2.05) is 6.92 Å². The highest BCUT2D eigenvalue weighted by atomic mass is 32.2. The van der Waals surface area contributed by atoms with E-state index >= 15 is 0 Å². The Morgan fingerprint density at radius 2 is 1.90 bits per heavy atom. The Labute approximate surface area is 122 Å². The van der Waals surface area contributed by atoms with Crippen molar-refractivity contribution in [2.75, 3.05) is 17.6 Å². The van der Waals surface area contributed by atoms with Gasteiger partial charge >= 0.3 is 0 Å². The first-order valence-electron chi connectivity index (χ1n) is 6.06. The van der Waals surface area contributed by atoms with Gasteiger partial charge in [0.2, 0.25) is 0 Å². The zero-order valence-electron chi connectivity index (χ0n) is 11.6. The first-order valence-corrected chi connectivity index (χ1v) is 7.54. The summed E-state index contributed by atoms with van der Waals surface area (Å²) < 4.78 is 45.4. The van der Waals surface area contributed by atoms with Crippen molar-refractivity contribution < 1.29 is 17.5 Å². The van der Waals surface area contributed by atoms with E-state index in [4.69, 9.17) is 10.5 Å². The van der Waals surface area contributed by atoms with Gasteiger partial charge in [-0.25, -0.2) is 12.8 Å². The minimum Gasteiger partial charge on any atom is -0.495 e. The van der Waals surface area contributed by atoms with Crippen LogP contribution in [0.5, 0.6) is 5.75 Å². The Hall–Kier alpha value is -2.28. The highest BCUT2D eigenvalue weighted by molar-refractivity contribution is 7.92. The van der Waals surface area contributed by atoms with Gasteiger partial charge in [-0.2, -0.15) is 0 Å². The van der Waals surface area contributed by atoms with Gasteiger partial charge in [0.15, 0.2) is 0 Å². The Morgan fingerprint density at radius 3 is 2.57 bits per heavy atom. The first-order chi connectivity index (χ1) is 9.83. The normalized spacial score (nSPS) is 11.2. The fourth-order valence-electron chi connectivity index (χ4n) is 1.84. The molecule has 0 unspecified atom stereocenters. The number of halogens is 1. The molecule has 112 valence electrons. The van der Waals surface area contributed by atoms with Gasteiger partial charge in [-0.05, 0) is 42.8 Å². The van der Waals surface area contributed by atoms with E-state index in [0.29, 0.717) is 5.75 Å². The fourth-order valence-corrected chi connectivity index (χ4v) is 3.05. The second kappa shape index (κ2) is 5.61. The number of benzene rings is 2. The molecule has 0 aliphatic rings. The van der Waals surface area contributed by atoms with E-state index in [2.05, 4.69) is 4.72 Å². The van der Waals surface area contributed by atoms with E-state index < -0.39 is 15.8 Å². The lowest BCUT2D eigenvalue weighted by molar-refractivity contribution is 0.417. The maximum absolute atomic E-state index is 13.3. The number of rotatable bonds is 4. The van der Waals surface area contributed by atoms with E-state index in [1.165, 1.54) is 13.2 Å². The number of anilines is 2. The number of nitrogen functional groups attached to an aromatic ring is 1. The molecule has 0 amide bonds. The molecule has 0 fully saturated rings. The number of aryl methyl sites for hydroxylation is 1. The van der Waals surface area contributed by atoms with Crippen LogP contribution in [0.25, 0.3) is 0 Å². The Bertz CT molecular complexity index is 776. The molecule has 5 nitrogen and oxygen atoms in total. The van der Waals surface area contributed by atoms with Crippen molar-refractivity contribution in [1.82, 2.24) is 0 Å². The van der Waals surface area contributed by atoms with Gasteiger partial charge in [-0.15, -0.1) is 0 Å². The third-order valence-electron chi connectivity index (χ3n) is 2.86. The molecule has 0 saturated carbocycles. The third kappa shape index (κ3) is 3.25. The summed E-state index contributed by atoms with van der Waals surface area (Å²) >= 11 is 0. The summed E-state index contributed by atoms with van der Waals surface area (Å²) in [6.07, 6.45) is 0. The van der Waals surface area contributed by atoms with Gasteiger partial charge in [-0.3, -0.25) is 4.72 Å². The molecule has 0 atom stereocenters. The number of hydrogen-bond donors (Lipinski definition) is 2. The van der Waals surface area contributed by atoms with E-state index in [1.54, 1.807) is 18.2 Å². The maximum atomic E-state index is 13.3. The second-order valence-electron chi connectivity index (χ2n) is 4.49. The predicted molar refractivity (Wildman–Crippen MR) is 79.4 cm³/mol. The molecule has 2 rings (SSSR count). The second-order valence-corrected chi connectivity index (χ2v) is 6.14. The van der Waals surface area contributed by atoms with Crippen LogP contribution < -0.4 is 15.2 Å². The minimum atomic E-state index is -4.01. The van der Waals surface area contributed by atoms with Crippen LogP contribution in [0.15, 0.2) is 41.3 Å². The number of hydrogen-bond acceptors (Lipinski definition) is 4. The molecule has 0 aromatic heterocycles. The average molecular weight is 310 g/mol. The van der Waals surface area contributed by atoms with Gasteiger partial charge in [0.05, 0.1) is 18.5 Å². The highest BCUT2D eigenvalue weighted by Crippen LogP contribution is 2.29. The van der Waals surface area contributed by atoms with Gasteiger partial charge in [-0.1, -0.05) is 6.07 Å². The molecule has 0 radical (unpaired) electrons. The zero-order chi connectivity index (χ0) is 15.6. The largest absolute Gasteiger partial charge is 0.495 e. The van der Waals surface area contributed by atoms with Crippen molar-refractivity contribution in [2.45, 2.75) is 11.8 Å². The fraction of sp³-hybridized carbons (Fsp3) is 0.143. The Morgan fingerprint density at radius 1 is 1.19 bits per heavy atom. The van der Waals surface area contributed by atoms with Crippen molar-refractivity contribution in [2.24, 2.45) is 0 Å². The highest BCUT2D eigenvalue weighted by Gasteiger charge is 2.20. The van der Waals surface area contributed by atoms with Gasteiger partial charge in [0, 0.05) is 0 Å². The summed E-state index contributed by atoms with van der Waals surface area (Å²) in [5.41, 5.74) is 6.69. The quantitative estimate of drug-likeness (QED) is 0.850. The lowest BCUT2D eigenvalue weighted by atomic mass is 10.2. The van der Waals surface area contributed by atoms with Crippen molar-refractivity contribution >= 4 is 21.4 Å². The van der Waals surface area contributed by atoms with Crippen LogP contribution >= 0.6 is 0 Å². The van der Waals surface area contributed by atoms with Crippen LogP contribution in [0.3, 0.4) is 0 Å². The molecule has 0 spiro atoms. The summed E-state index contributed by atoms with van der Waals surface area (Å²) in [6, 6.07) is 8.22. The lowest BCUT2D eigenvalue weighted by Gasteiger charge is -2.13. The number of ether oxygens (including phenoxy) is 1. The Balaban J connectivity index is 2.47. The summed E-state index contributed by atoms with van der Waals surface area (Å²) in [4.78, 5) is -0.314. The molecule has 0 bridgehead atoms. The molecule has 0 heterocycles. The van der Waals surface area contributed by atoms with E-state index in [9.17, 15) is 12.8 Å². The Kier molecular flexibility index (Phi) is 4.04. The van der Waals surface area contributed by atoms with Crippen molar-refractivity contribution in [1.29, 1.82) is 0 Å². The van der Waals surface area contributed by atoms with Crippen LogP contribution in [-0.2, 0) is 10.0 Å². The monoisotopic (exact) mass is 310 g/mol. The maximum Gasteiger partial charge on any atom is 0.264 e. The van der Waals surface area contributed by atoms with Crippen LogP contribution in [-0.4, -0.2) is 15.5 Å². The van der Waals surface area contributed by atoms with Crippen molar-refractivity contribution in [3.05, 3.63) is 47.8 Å². The number of nitrogens with two attached hydrogens (primary N) is 1. The summed E-state index contributed by atoms with van der Waals surface area (Å²) in [6.45, 7) is 1.81. The molecule has 2 aromatic carbocycles. The number of methoxy groups -OCH3 is 1. The molecule has 0 aliphatic heterocycles. The summed E-state index contributed by atoms with van der Waals surface area (Å²) in [5.74, 6) is -0.320. The van der Waals surface area contributed by atoms with Crippen molar-refractivity contribution in [3.8, 4) is 5.75 Å². The van der Waals surface area contributed by atoms with Crippen molar-refractivity contribution in [3.63, 3.8) is 0 Å². The third-order valence-corrected chi connectivity index (χ3v) is 4.29. The average Bonchev–Trinajstić information content (AvgIpc) is 2.41. The van der Waals surface area contributed by atoms with Gasteiger partial charge in [0.25, 0.3) is 10.0 Å². The van der Waals surface area contributed by atoms with Crippen LogP contribution in [0.4, 0.5) is 15.8 Å². The smallest absolute Gasteiger partial charge is 0.264 e. The SMILES string of the molecule is COc1ccc(C)cc1NS(=O)(=O)c1cc(F)ccc1N. The summed E-state index contributed by atoms with van der Waals surface area (Å²) in [5, 5.41) is 0. The van der Waals surface area contributed by atoms with E-state index in [0.717, 1.165) is 17.7 Å². The lowest BCUT2D eigenvalue weighted by Crippen LogP contribution is -2.15. The van der Waals surface area contributed by atoms with Gasteiger partial charge < -0.3 is 10.5 Å². The number of nitrogens with one attached hydrogen (secondary N) is 1. The molecule has 21 heavy (non-hydrogen) atoms. The first kappa shape index (κ1) is 15.1. The van der Waals surface area contributed by atoms with Crippen LogP contribution in [0.1, 0.15) is 5.56 Å². The van der Waals surface area contributed by atoms with Crippen LogP contribution in [0.2, 0.25) is 0 Å². The zero-order valence-corrected chi connectivity index (χ0v) is 12.4. The molecular formula is C14H15FN2O3S. The molecule has 7 heteroatoms. The molecule has 2 aromatic rings. The molecular weight excluding hydrogens is 295 g/mol. The van der Waals surface area contributed by atoms with Crippen LogP contribution in [0, 0.1) is 12.7 Å². The standard InChI is InChI=1S/C14H15FN2O3S/c1-9-3-6-13(20-2)12(7-9)17-21(18,19)14-8-10(15)4-5-11(14)16/h3-8,17H,16H2,1-2H3. The molecule has 3 N–H and O–H groups in total. The number of sulfonamides is 1. The topological polar surface area (TPSA) is 81.4 Å². The molecule has 0 saturated heterocycles. The molecule has 0 aliphatic carbocycles. The van der Waals surface area contributed by atoms with Gasteiger partial charge in [0.1, 0.15) is 16.5 Å².